The Balaban J connectivity index is 1.25. The molecule has 0 unspecified atom stereocenters. The number of amides is 2. The predicted molar refractivity (Wildman–Crippen MR) is 122 cm³/mol. The van der Waals surface area contributed by atoms with E-state index in [1.165, 1.54) is 14.2 Å². The Bertz CT molecular complexity index is 1180. The van der Waals surface area contributed by atoms with Crippen molar-refractivity contribution < 1.29 is 33.0 Å². The molecule has 12 heteroatoms. The number of carbonyl (C=O) groups is 2. The first-order valence-corrected chi connectivity index (χ1v) is 11.2. The predicted octanol–water partition coefficient (Wildman–Crippen LogP) is 2.52. The highest BCUT2D eigenvalue weighted by atomic mass is 32.2. The molecule has 0 atom stereocenters. The maximum absolute atomic E-state index is 12.4. The number of benzene rings is 2. The third-order valence-electron chi connectivity index (χ3n) is 4.65. The van der Waals surface area contributed by atoms with Crippen LogP contribution in [0, 0.1) is 0 Å². The first-order valence-electron chi connectivity index (χ1n) is 10.2. The van der Waals surface area contributed by atoms with Crippen molar-refractivity contribution in [3.63, 3.8) is 0 Å². The smallest absolute Gasteiger partial charge is 0.277 e. The second-order valence-electron chi connectivity index (χ2n) is 6.91. The molecule has 4 rings (SSSR count). The van der Waals surface area contributed by atoms with Crippen LogP contribution in [-0.4, -0.2) is 55.2 Å². The normalized spacial score (nSPS) is 12.1. The molecule has 0 radical (unpaired) electrons. The number of thioether (sulfide) groups is 1. The Hall–Kier alpha value is -3.93. The number of nitrogens with one attached hydrogen (secondary N) is 2. The molecule has 34 heavy (non-hydrogen) atoms. The van der Waals surface area contributed by atoms with Crippen molar-refractivity contribution in [2.75, 3.05) is 38.5 Å². The molecule has 2 N–H and O–H groups in total. The molecule has 1 aromatic heterocycles. The molecule has 11 nitrogen and oxygen atoms in total. The van der Waals surface area contributed by atoms with E-state index in [0.717, 1.165) is 11.8 Å². The van der Waals surface area contributed by atoms with E-state index in [1.807, 2.05) is 0 Å². The van der Waals surface area contributed by atoms with Gasteiger partial charge < -0.3 is 34.0 Å². The van der Waals surface area contributed by atoms with Gasteiger partial charge in [-0.15, -0.1) is 10.2 Å². The molecule has 0 spiro atoms. The molecule has 0 aliphatic carbocycles. The van der Waals surface area contributed by atoms with Gasteiger partial charge in [0.15, 0.2) is 23.0 Å². The van der Waals surface area contributed by atoms with Crippen molar-refractivity contribution in [3.05, 3.63) is 47.9 Å². The fraction of sp³-hybridized carbons (Fsp3) is 0.273. The van der Waals surface area contributed by atoms with E-state index in [0.29, 0.717) is 47.5 Å². The number of nitrogens with zero attached hydrogens (tertiary/aromatic N) is 2. The molecule has 1 aliphatic heterocycles. The van der Waals surface area contributed by atoms with Gasteiger partial charge in [-0.05, 0) is 30.3 Å². The van der Waals surface area contributed by atoms with Gasteiger partial charge in [0.2, 0.25) is 11.8 Å². The number of hydrogen-bond donors (Lipinski definition) is 2. The van der Waals surface area contributed by atoms with Crippen molar-refractivity contribution in [1.29, 1.82) is 0 Å². The summed E-state index contributed by atoms with van der Waals surface area (Å²) in [5.74, 6) is 1.90. The third-order valence-corrected chi connectivity index (χ3v) is 5.47. The van der Waals surface area contributed by atoms with Crippen LogP contribution in [0.2, 0.25) is 0 Å². The largest absolute Gasteiger partial charge is 0.493 e. The minimum Gasteiger partial charge on any atom is -0.493 e. The molecule has 2 amide bonds. The summed E-state index contributed by atoms with van der Waals surface area (Å²) in [5.41, 5.74) is 0.988. The van der Waals surface area contributed by atoms with E-state index >= 15 is 0 Å². The van der Waals surface area contributed by atoms with Crippen LogP contribution in [0.3, 0.4) is 0 Å². The molecule has 0 saturated carbocycles. The average Bonchev–Trinajstić information content (AvgIpc) is 3.33. The lowest BCUT2D eigenvalue weighted by Gasteiger charge is -2.18. The summed E-state index contributed by atoms with van der Waals surface area (Å²) in [4.78, 5) is 24.7. The summed E-state index contributed by atoms with van der Waals surface area (Å²) in [6.07, 6.45) is 0. The Morgan fingerprint density at radius 3 is 2.59 bits per heavy atom. The van der Waals surface area contributed by atoms with Gasteiger partial charge in [0.1, 0.15) is 13.2 Å². The van der Waals surface area contributed by atoms with Gasteiger partial charge >= 0.3 is 0 Å². The van der Waals surface area contributed by atoms with E-state index in [4.69, 9.17) is 23.4 Å². The van der Waals surface area contributed by atoms with Gasteiger partial charge in [-0.1, -0.05) is 11.8 Å². The molecule has 178 valence electrons. The molecule has 0 bridgehead atoms. The summed E-state index contributed by atoms with van der Waals surface area (Å²) < 4.78 is 26.8. The number of anilines is 1. The van der Waals surface area contributed by atoms with Crippen LogP contribution in [0.4, 0.5) is 5.69 Å². The van der Waals surface area contributed by atoms with E-state index in [2.05, 4.69) is 20.8 Å². The summed E-state index contributed by atoms with van der Waals surface area (Å²) in [6, 6.07) is 10.0. The van der Waals surface area contributed by atoms with Crippen molar-refractivity contribution in [2.24, 2.45) is 0 Å². The Morgan fingerprint density at radius 2 is 1.79 bits per heavy atom. The second kappa shape index (κ2) is 10.8. The maximum Gasteiger partial charge on any atom is 0.277 e. The fourth-order valence-corrected chi connectivity index (χ4v) is 3.63. The summed E-state index contributed by atoms with van der Waals surface area (Å²) in [5, 5.41) is 13.5. The number of methoxy groups -OCH3 is 2. The van der Waals surface area contributed by atoms with Crippen LogP contribution in [-0.2, 0) is 11.3 Å². The Labute approximate surface area is 199 Å². The van der Waals surface area contributed by atoms with Crippen LogP contribution < -0.4 is 29.6 Å². The molecule has 3 aromatic rings. The molecule has 2 heterocycles. The molecule has 0 saturated heterocycles. The zero-order valence-corrected chi connectivity index (χ0v) is 19.3. The zero-order valence-electron chi connectivity index (χ0n) is 18.5. The first-order chi connectivity index (χ1) is 16.6. The number of fused-ring (bicyclic) bond motifs is 1. The highest BCUT2D eigenvalue weighted by Gasteiger charge is 2.15. The highest BCUT2D eigenvalue weighted by molar-refractivity contribution is 7.99. The summed E-state index contributed by atoms with van der Waals surface area (Å²) in [6.45, 7) is 1.00. The fourth-order valence-electron chi connectivity index (χ4n) is 3.05. The quantitative estimate of drug-likeness (QED) is 0.435. The van der Waals surface area contributed by atoms with E-state index in [9.17, 15) is 9.59 Å². The molecule has 0 fully saturated rings. The molecule has 2 aromatic carbocycles. The molecular weight excluding hydrogens is 464 g/mol. The Morgan fingerprint density at radius 1 is 1.00 bits per heavy atom. The molecular formula is C22H22N4O7S. The monoisotopic (exact) mass is 486 g/mol. The minimum atomic E-state index is -0.341. The number of ether oxygens (including phenoxy) is 4. The summed E-state index contributed by atoms with van der Waals surface area (Å²) >= 11 is 1.09. The topological polar surface area (TPSA) is 134 Å². The van der Waals surface area contributed by atoms with Crippen LogP contribution in [0.25, 0.3) is 0 Å². The van der Waals surface area contributed by atoms with E-state index < -0.39 is 0 Å². The van der Waals surface area contributed by atoms with E-state index in [-0.39, 0.29) is 35.2 Å². The third kappa shape index (κ3) is 5.70. The van der Waals surface area contributed by atoms with Crippen molar-refractivity contribution in [3.8, 4) is 23.0 Å². The van der Waals surface area contributed by atoms with Crippen LogP contribution in [0.5, 0.6) is 23.0 Å². The second-order valence-corrected chi connectivity index (χ2v) is 7.84. The first kappa shape index (κ1) is 23.2. The minimum absolute atomic E-state index is 0.0319. The van der Waals surface area contributed by atoms with Gasteiger partial charge in [0.25, 0.3) is 11.1 Å². The van der Waals surface area contributed by atoms with Crippen LogP contribution in [0.1, 0.15) is 16.2 Å². The van der Waals surface area contributed by atoms with Crippen molar-refractivity contribution in [2.45, 2.75) is 11.8 Å². The SMILES string of the molecule is COc1ccc(C(=O)NCc2nnc(SCC(=O)Nc3ccc4c(c3)OCCO4)o2)cc1OC. The zero-order chi connectivity index (χ0) is 23.9. The molecule has 1 aliphatic rings. The van der Waals surface area contributed by atoms with E-state index in [1.54, 1.807) is 36.4 Å². The lowest BCUT2D eigenvalue weighted by Crippen LogP contribution is -2.23. The standard InChI is InChI=1S/C22H22N4O7S/c1-29-15-5-3-13(9-17(15)30-2)21(28)23-11-20-25-26-22(33-20)34-12-19(27)24-14-4-6-16-18(10-14)32-8-7-31-16/h3-6,9-10H,7-8,11-12H2,1-2H3,(H,23,28)(H,24,27). The number of rotatable bonds is 9. The lowest BCUT2D eigenvalue weighted by molar-refractivity contribution is -0.113. The highest BCUT2D eigenvalue weighted by Crippen LogP contribution is 2.32. The van der Waals surface area contributed by atoms with Crippen LogP contribution >= 0.6 is 11.8 Å². The number of hydrogen-bond acceptors (Lipinski definition) is 10. The van der Waals surface area contributed by atoms with Crippen LogP contribution in [0.15, 0.2) is 46.0 Å². The van der Waals surface area contributed by atoms with Gasteiger partial charge in [-0.25, -0.2) is 0 Å². The van der Waals surface area contributed by atoms with Gasteiger partial charge in [0.05, 0.1) is 26.5 Å². The Kier molecular flexibility index (Phi) is 7.38. The van der Waals surface area contributed by atoms with Crippen molar-refractivity contribution >= 4 is 29.3 Å². The average molecular weight is 487 g/mol. The van der Waals surface area contributed by atoms with Gasteiger partial charge in [-0.2, -0.15) is 0 Å². The van der Waals surface area contributed by atoms with Crippen molar-refractivity contribution in [1.82, 2.24) is 15.5 Å². The number of carbonyl (C=O) groups excluding carboxylic acids is 2. The lowest BCUT2D eigenvalue weighted by atomic mass is 10.2. The number of aromatic nitrogens is 2. The van der Waals surface area contributed by atoms with Gasteiger partial charge in [-0.3, -0.25) is 9.59 Å². The van der Waals surface area contributed by atoms with Gasteiger partial charge in [0, 0.05) is 17.3 Å². The maximum atomic E-state index is 12.4. The summed E-state index contributed by atoms with van der Waals surface area (Å²) in [7, 11) is 3.01.